The molecule has 3 unspecified atom stereocenters. The molecule has 1 aromatic heterocycles. The largest absolute Gasteiger partial charge is 0.480 e. The Bertz CT molecular complexity index is 996. The van der Waals surface area contributed by atoms with Gasteiger partial charge in [-0.15, -0.1) is 4.86 Å². The fourth-order valence-electron chi connectivity index (χ4n) is 2.79. The highest BCUT2D eigenvalue weighted by Gasteiger charge is 2.47. The monoisotopic (exact) mass is 508 g/mol. The molecule has 0 aliphatic carbocycles. The number of anilines is 1. The Morgan fingerprint density at radius 2 is 1.90 bits per heavy atom. The van der Waals surface area contributed by atoms with Gasteiger partial charge in [-0.05, 0) is 0 Å². The minimum absolute atomic E-state index is 0.321. The van der Waals surface area contributed by atoms with Gasteiger partial charge in [-0.1, -0.05) is 0 Å². The molecule has 176 valence electrons. The van der Waals surface area contributed by atoms with Crippen molar-refractivity contribution >= 4 is 35.5 Å². The number of hydrogen-bond acceptors (Lipinski definition) is 12. The number of phosphoric ester groups is 1. The summed E-state index contributed by atoms with van der Waals surface area (Å²) in [7, 11) is -16.1. The van der Waals surface area contributed by atoms with E-state index in [9.17, 15) is 33.7 Å². The van der Waals surface area contributed by atoms with Crippen LogP contribution in [0.2, 0.25) is 0 Å². The molecule has 2 aliphatic heterocycles. The van der Waals surface area contributed by atoms with Crippen LogP contribution in [0, 0.1) is 0 Å². The van der Waals surface area contributed by atoms with Gasteiger partial charge in [0.05, 0.1) is 19.3 Å². The summed E-state index contributed by atoms with van der Waals surface area (Å²) in [6.07, 6.45) is -4.06. The number of aliphatic hydroxyl groups is 2. The molecule has 10 N–H and O–H groups in total. The van der Waals surface area contributed by atoms with Crippen molar-refractivity contribution in [3.63, 3.8) is 0 Å². The van der Waals surface area contributed by atoms with Crippen LogP contribution in [-0.2, 0) is 27.3 Å². The Kier molecular flexibility index (Phi) is 6.90. The van der Waals surface area contributed by atoms with Crippen LogP contribution in [0.25, 0.3) is 0 Å². The first-order valence-electron chi connectivity index (χ1n) is 8.18. The Labute approximate surface area is 173 Å². The minimum Gasteiger partial charge on any atom is -0.387 e. The van der Waals surface area contributed by atoms with Gasteiger partial charge >= 0.3 is 23.3 Å². The van der Waals surface area contributed by atoms with E-state index in [0.717, 1.165) is 4.86 Å². The zero-order valence-electron chi connectivity index (χ0n) is 15.1. The molecule has 0 bridgehead atoms. The molecule has 3 rings (SSSR count). The zero-order chi connectivity index (χ0) is 23.2. The maximum Gasteiger partial charge on any atom is 0.480 e. The van der Waals surface area contributed by atoms with E-state index in [1.165, 1.54) is 17.2 Å². The van der Waals surface area contributed by atoms with Crippen LogP contribution in [0.15, 0.2) is 11.3 Å². The lowest BCUT2D eigenvalue weighted by Gasteiger charge is -2.21. The fraction of sp³-hybridized carbons (Fsp3) is 0.600. The van der Waals surface area contributed by atoms with Crippen molar-refractivity contribution in [3.05, 3.63) is 12.0 Å². The van der Waals surface area contributed by atoms with Crippen LogP contribution in [0.3, 0.4) is 0 Å². The molecule has 0 aromatic carbocycles. The summed E-state index contributed by atoms with van der Waals surface area (Å²) >= 11 is 0. The molecule has 0 saturated carbocycles. The van der Waals surface area contributed by atoms with E-state index < -0.39 is 60.6 Å². The molecule has 2 aliphatic rings. The van der Waals surface area contributed by atoms with Gasteiger partial charge in [-0.2, -0.15) is 4.31 Å². The van der Waals surface area contributed by atoms with Crippen molar-refractivity contribution < 1.29 is 57.1 Å². The molecule has 0 radical (unpaired) electrons. The highest BCUT2D eigenvalue weighted by Crippen LogP contribution is 2.61. The van der Waals surface area contributed by atoms with Crippen molar-refractivity contribution in [2.45, 2.75) is 30.7 Å². The molecule has 1 saturated heterocycles. The van der Waals surface area contributed by atoms with E-state index in [1.54, 1.807) is 0 Å². The number of imidazole rings is 1. The van der Waals surface area contributed by atoms with Crippen molar-refractivity contribution in [2.24, 2.45) is 10.7 Å². The number of hydrogen-bond donors (Lipinski definition) is 9. The van der Waals surface area contributed by atoms with Crippen molar-refractivity contribution in [3.8, 4) is 0 Å². The molecule has 7 atom stereocenters. The predicted molar refractivity (Wildman–Crippen MR) is 99.1 cm³/mol. The highest BCUT2D eigenvalue weighted by molar-refractivity contribution is 7.70. The molecule has 18 nitrogen and oxygen atoms in total. The number of nitrogens with zero attached hydrogens (tertiary/aromatic N) is 3. The average molecular weight is 508 g/mol. The number of aliphatic imine (C=N–C) groups is 1. The first-order valence-corrected chi connectivity index (χ1v) is 12.9. The smallest absolute Gasteiger partial charge is 0.387 e. The second-order valence-electron chi connectivity index (χ2n) is 6.31. The number of fused-ring (bicyclic) bond motifs is 1. The van der Waals surface area contributed by atoms with E-state index >= 15 is 0 Å². The molecule has 1 aromatic rings. The zero-order valence-corrected chi connectivity index (χ0v) is 17.8. The third kappa shape index (κ3) is 5.84. The fourth-order valence-corrected chi connectivity index (χ4v) is 6.23. The van der Waals surface area contributed by atoms with Gasteiger partial charge in [0, 0.05) is 0 Å². The van der Waals surface area contributed by atoms with Crippen molar-refractivity contribution in [2.75, 3.05) is 11.9 Å². The molecule has 1 fully saturated rings. The first kappa shape index (κ1) is 24.6. The number of rotatable bonds is 8. The van der Waals surface area contributed by atoms with Crippen molar-refractivity contribution in [1.82, 2.24) is 14.4 Å². The summed E-state index contributed by atoms with van der Waals surface area (Å²) in [6, 6.07) is 0. The highest BCUT2D eigenvalue weighted by atomic mass is 31.3. The standard InChI is InChI=1S/C10H19N6O12P3/c11-8-5-9(13-2-12-8)16(3-14-5)10-7(18)6(17)4(27-10)1-26-31(24,25)28-30(22,23)15-29(19,20)21/h2-4,6-8,10,17-18H,1,11H2,(H,12,13)(H,24,25)(H4,15,19,20,21,22,23)/t4-,6-,7-,8?,10-/m1/s1. The number of aromatic nitrogens is 2. The molecular formula is C10H19N6O12P3. The lowest BCUT2D eigenvalue weighted by Crippen LogP contribution is -2.33. The molecule has 31 heavy (non-hydrogen) atoms. The van der Waals surface area contributed by atoms with E-state index in [1.807, 2.05) is 0 Å². The SMILES string of the molecule is NC1N=CNc2c1ncn2[C@@H]1O[C@H](COP(=O)(O)OP(=O)(O)NP(=O)(O)O)[C@@H](O)[C@H]1O. The third-order valence-electron chi connectivity index (χ3n) is 4.02. The summed E-state index contributed by atoms with van der Waals surface area (Å²) in [4.78, 5) is 44.7. The van der Waals surface area contributed by atoms with Crippen LogP contribution in [0.4, 0.5) is 5.82 Å². The molecule has 0 amide bonds. The summed E-state index contributed by atoms with van der Waals surface area (Å²) in [5.41, 5.74) is 6.11. The Morgan fingerprint density at radius 3 is 2.55 bits per heavy atom. The average Bonchev–Trinajstić information content (AvgIpc) is 3.13. The Hall–Kier alpha value is -1.07. The van der Waals surface area contributed by atoms with Gasteiger partial charge in [0.1, 0.15) is 36.0 Å². The second kappa shape index (κ2) is 8.70. The Balaban J connectivity index is 1.66. The van der Waals surface area contributed by atoms with Gasteiger partial charge in [0.2, 0.25) is 0 Å². The quantitative estimate of drug-likeness (QED) is 0.169. The van der Waals surface area contributed by atoms with Gasteiger partial charge in [-0.25, -0.2) is 18.7 Å². The summed E-state index contributed by atoms with van der Waals surface area (Å²) in [5, 5.41) is 23.2. The lowest BCUT2D eigenvalue weighted by atomic mass is 10.1. The van der Waals surface area contributed by atoms with Gasteiger partial charge < -0.3 is 45.6 Å². The van der Waals surface area contributed by atoms with E-state index in [-0.39, 0.29) is 0 Å². The van der Waals surface area contributed by atoms with Crippen LogP contribution in [0.1, 0.15) is 18.1 Å². The maximum atomic E-state index is 11.8. The van der Waals surface area contributed by atoms with Gasteiger partial charge in [0.25, 0.3) is 0 Å². The summed E-state index contributed by atoms with van der Waals surface area (Å²) in [5.74, 6) is 0.321. The third-order valence-corrected chi connectivity index (χ3v) is 8.26. The van der Waals surface area contributed by atoms with E-state index in [0.29, 0.717) is 11.5 Å². The normalized spacial score (nSPS) is 32.2. The van der Waals surface area contributed by atoms with Gasteiger partial charge in [-0.3, -0.25) is 14.1 Å². The number of nitrogens with one attached hydrogen (secondary N) is 2. The number of phosphoric acid groups is 1. The predicted octanol–water partition coefficient (Wildman–Crippen LogP) is -2.17. The second-order valence-corrected chi connectivity index (χ2v) is 11.1. The van der Waals surface area contributed by atoms with Gasteiger partial charge in [0.15, 0.2) is 6.23 Å². The summed E-state index contributed by atoms with van der Waals surface area (Å²) < 4.78 is 49.1. The molecule has 0 spiro atoms. The minimum atomic E-state index is -5.44. The molecular weight excluding hydrogens is 489 g/mol. The first-order chi connectivity index (χ1) is 14.2. The topological polar surface area (TPSA) is 281 Å². The van der Waals surface area contributed by atoms with Crippen LogP contribution >= 0.6 is 23.3 Å². The van der Waals surface area contributed by atoms with Crippen LogP contribution in [-0.4, -0.2) is 70.6 Å². The number of aliphatic hydroxyl groups excluding tert-OH is 2. The van der Waals surface area contributed by atoms with Crippen LogP contribution in [0.5, 0.6) is 0 Å². The lowest BCUT2D eigenvalue weighted by molar-refractivity contribution is -0.0509. The van der Waals surface area contributed by atoms with Crippen LogP contribution < -0.4 is 15.9 Å². The molecule has 3 heterocycles. The maximum absolute atomic E-state index is 11.8. The Morgan fingerprint density at radius 1 is 1.23 bits per heavy atom. The van der Waals surface area contributed by atoms with Crippen molar-refractivity contribution in [1.29, 1.82) is 0 Å². The number of ether oxygens (including phenoxy) is 1. The van der Waals surface area contributed by atoms with E-state index in [4.69, 9.17) is 20.3 Å². The van der Waals surface area contributed by atoms with E-state index in [2.05, 4.69) is 24.1 Å². The summed E-state index contributed by atoms with van der Waals surface area (Å²) in [6.45, 7) is -0.913. The molecule has 21 heteroatoms. The number of nitrogens with two attached hydrogens (primary N) is 1.